The number of carbonyl (C=O) groups excluding carboxylic acids is 1. The smallest absolute Gasteiger partial charge is 0.264 e. The van der Waals surface area contributed by atoms with Crippen LogP contribution in [0.15, 0.2) is 35.5 Å². The van der Waals surface area contributed by atoms with Gasteiger partial charge in [-0.15, -0.1) is 11.8 Å². The molecule has 90 valence electrons. The third kappa shape index (κ3) is 4.28. The highest BCUT2D eigenvalue weighted by Crippen LogP contribution is 2.17. The number of hydrogen-bond donors (Lipinski definition) is 1. The lowest BCUT2D eigenvalue weighted by atomic mass is 10.1. The van der Waals surface area contributed by atoms with E-state index in [1.54, 1.807) is 30.5 Å². The van der Waals surface area contributed by atoms with E-state index in [4.69, 9.17) is 0 Å². The molecular weight excluding hydrogens is 240 g/mol. The predicted octanol–water partition coefficient (Wildman–Crippen LogP) is 2.74. The molecule has 1 aromatic rings. The molecule has 6 heteroatoms. The minimum Gasteiger partial charge on any atom is -0.345 e. The van der Waals surface area contributed by atoms with Gasteiger partial charge in [0.15, 0.2) is 5.78 Å². The van der Waals surface area contributed by atoms with Crippen LogP contribution in [0.5, 0.6) is 0 Å². The number of benzene rings is 1. The lowest BCUT2D eigenvalue weighted by Gasteiger charge is -2.06. The first-order chi connectivity index (χ1) is 8.02. The number of hydrogen-bond acceptors (Lipinski definition) is 5. The Morgan fingerprint density at radius 2 is 2.00 bits per heavy atom. The van der Waals surface area contributed by atoms with Crippen molar-refractivity contribution in [3.8, 4) is 0 Å². The molecule has 17 heavy (non-hydrogen) atoms. The van der Waals surface area contributed by atoms with Gasteiger partial charge < -0.3 is 5.32 Å². The minimum atomic E-state index is -0.511. The van der Waals surface area contributed by atoms with Crippen molar-refractivity contribution in [2.75, 3.05) is 11.6 Å². The van der Waals surface area contributed by atoms with Gasteiger partial charge in [0.25, 0.3) is 6.20 Å². The number of nitrogens with one attached hydrogen (secondary N) is 1. The van der Waals surface area contributed by atoms with Crippen LogP contribution in [0.25, 0.3) is 0 Å². The van der Waals surface area contributed by atoms with Crippen LogP contribution in [0.2, 0.25) is 0 Å². The van der Waals surface area contributed by atoms with Gasteiger partial charge in [-0.1, -0.05) is 0 Å². The van der Waals surface area contributed by atoms with Crippen molar-refractivity contribution in [3.63, 3.8) is 0 Å². The number of nitrogens with zero attached hydrogens (tertiary/aromatic N) is 1. The van der Waals surface area contributed by atoms with E-state index in [0.29, 0.717) is 16.3 Å². The maximum absolute atomic E-state index is 11.1. The molecule has 1 rings (SSSR count). The summed E-state index contributed by atoms with van der Waals surface area (Å²) in [4.78, 5) is 20.9. The normalized spacial score (nSPS) is 11.1. The van der Waals surface area contributed by atoms with E-state index >= 15 is 0 Å². The Morgan fingerprint density at radius 1 is 1.41 bits per heavy atom. The molecule has 0 saturated carbocycles. The van der Waals surface area contributed by atoms with Crippen LogP contribution in [-0.4, -0.2) is 17.0 Å². The van der Waals surface area contributed by atoms with Gasteiger partial charge in [-0.2, -0.15) is 0 Å². The Kier molecular flexibility index (Phi) is 4.71. The van der Waals surface area contributed by atoms with Crippen molar-refractivity contribution >= 4 is 23.2 Å². The molecule has 0 unspecified atom stereocenters. The van der Waals surface area contributed by atoms with E-state index in [1.165, 1.54) is 18.7 Å². The largest absolute Gasteiger partial charge is 0.345 e. The Bertz CT molecular complexity index is 454. The van der Waals surface area contributed by atoms with Crippen LogP contribution in [0.3, 0.4) is 0 Å². The average molecular weight is 252 g/mol. The number of anilines is 1. The van der Waals surface area contributed by atoms with Crippen LogP contribution in [-0.2, 0) is 0 Å². The molecule has 0 aliphatic rings. The zero-order valence-electron chi connectivity index (χ0n) is 9.47. The summed E-state index contributed by atoms with van der Waals surface area (Å²) in [6.07, 6.45) is 2.65. The van der Waals surface area contributed by atoms with E-state index in [2.05, 4.69) is 5.32 Å². The second-order valence-corrected chi connectivity index (χ2v) is 4.09. The molecule has 0 aliphatic carbocycles. The molecule has 0 aromatic heterocycles. The Balaban J connectivity index is 2.81. The van der Waals surface area contributed by atoms with Crippen molar-refractivity contribution in [2.45, 2.75) is 6.92 Å². The average Bonchev–Trinajstić information content (AvgIpc) is 2.28. The van der Waals surface area contributed by atoms with Gasteiger partial charge in [-0.3, -0.25) is 14.9 Å². The molecule has 5 nitrogen and oxygen atoms in total. The maximum Gasteiger partial charge on any atom is 0.264 e. The van der Waals surface area contributed by atoms with Crippen LogP contribution >= 0.6 is 11.8 Å². The van der Waals surface area contributed by atoms with Gasteiger partial charge in [0.2, 0.25) is 0 Å². The molecule has 0 saturated heterocycles. The summed E-state index contributed by atoms with van der Waals surface area (Å²) in [5, 5.41) is 13.7. The third-order valence-electron chi connectivity index (χ3n) is 2.00. The molecule has 0 aliphatic heterocycles. The van der Waals surface area contributed by atoms with E-state index in [0.717, 1.165) is 6.20 Å². The summed E-state index contributed by atoms with van der Waals surface area (Å²) in [6, 6.07) is 6.77. The fourth-order valence-corrected chi connectivity index (χ4v) is 1.57. The van der Waals surface area contributed by atoms with Crippen molar-refractivity contribution in [2.24, 2.45) is 0 Å². The quantitative estimate of drug-likeness (QED) is 0.495. The Hall–Kier alpha value is -1.82. The molecule has 0 atom stereocenters. The topological polar surface area (TPSA) is 72.2 Å². The van der Waals surface area contributed by atoms with Gasteiger partial charge in [-0.05, 0) is 37.4 Å². The van der Waals surface area contributed by atoms with E-state index in [-0.39, 0.29) is 5.78 Å². The van der Waals surface area contributed by atoms with E-state index in [9.17, 15) is 14.9 Å². The highest BCUT2D eigenvalue weighted by atomic mass is 32.2. The fourth-order valence-electron chi connectivity index (χ4n) is 1.16. The first kappa shape index (κ1) is 13.2. The molecule has 0 bridgehead atoms. The summed E-state index contributed by atoms with van der Waals surface area (Å²) in [5.41, 5.74) is 1.32. The second-order valence-electron chi connectivity index (χ2n) is 3.24. The summed E-state index contributed by atoms with van der Waals surface area (Å²) < 4.78 is 0. The van der Waals surface area contributed by atoms with E-state index in [1.807, 2.05) is 0 Å². The SMILES string of the molecule is CS/C(=C/[N+](=O)[O-])Nc1ccc(C(C)=O)cc1. The van der Waals surface area contributed by atoms with Gasteiger partial charge >= 0.3 is 0 Å². The monoisotopic (exact) mass is 252 g/mol. The first-order valence-corrected chi connectivity index (χ1v) is 6.02. The molecular formula is C11H12N2O3S. The molecule has 1 N–H and O–H groups in total. The molecule has 1 aromatic carbocycles. The van der Waals surface area contributed by atoms with Crippen molar-refractivity contribution in [3.05, 3.63) is 51.2 Å². The van der Waals surface area contributed by atoms with Gasteiger partial charge in [-0.25, -0.2) is 0 Å². The van der Waals surface area contributed by atoms with E-state index < -0.39 is 4.92 Å². The highest BCUT2D eigenvalue weighted by Gasteiger charge is 2.03. The molecule has 0 amide bonds. The first-order valence-electron chi connectivity index (χ1n) is 4.80. The van der Waals surface area contributed by atoms with Crippen molar-refractivity contribution in [1.82, 2.24) is 0 Å². The van der Waals surface area contributed by atoms with Crippen LogP contribution in [0.1, 0.15) is 17.3 Å². The van der Waals surface area contributed by atoms with Crippen molar-refractivity contribution < 1.29 is 9.72 Å². The number of ketones is 1. The predicted molar refractivity (Wildman–Crippen MR) is 68.7 cm³/mol. The zero-order valence-corrected chi connectivity index (χ0v) is 10.3. The van der Waals surface area contributed by atoms with Gasteiger partial charge in [0.1, 0.15) is 5.03 Å². The Labute approximate surface area is 103 Å². The van der Waals surface area contributed by atoms with Gasteiger partial charge in [0, 0.05) is 11.3 Å². The number of carbonyl (C=O) groups is 1. The minimum absolute atomic E-state index is 0.0116. The lowest BCUT2D eigenvalue weighted by Crippen LogP contribution is -1.99. The standard InChI is InChI=1S/C11H12N2O3S/c1-8(14)9-3-5-10(6-4-9)12-11(17-2)7-13(15)16/h3-7,12H,1-2H3/b11-7+. The van der Waals surface area contributed by atoms with Crippen molar-refractivity contribution in [1.29, 1.82) is 0 Å². The zero-order chi connectivity index (χ0) is 12.8. The summed E-state index contributed by atoms with van der Waals surface area (Å²) in [7, 11) is 0. The van der Waals surface area contributed by atoms with Crippen LogP contribution < -0.4 is 5.32 Å². The number of nitro groups is 1. The molecule has 0 radical (unpaired) electrons. The summed E-state index contributed by atoms with van der Waals surface area (Å²) in [5.74, 6) is -0.0116. The number of rotatable bonds is 5. The van der Waals surface area contributed by atoms with Crippen LogP contribution in [0.4, 0.5) is 5.69 Å². The summed E-state index contributed by atoms with van der Waals surface area (Å²) in [6.45, 7) is 1.49. The number of thioether (sulfide) groups is 1. The lowest BCUT2D eigenvalue weighted by molar-refractivity contribution is -0.402. The second kappa shape index (κ2) is 6.05. The van der Waals surface area contributed by atoms with Crippen LogP contribution in [0, 0.1) is 10.1 Å². The van der Waals surface area contributed by atoms with Gasteiger partial charge in [0.05, 0.1) is 4.92 Å². The molecule has 0 fully saturated rings. The highest BCUT2D eigenvalue weighted by molar-refractivity contribution is 8.02. The maximum atomic E-state index is 11.1. The summed E-state index contributed by atoms with van der Waals surface area (Å²) >= 11 is 1.24. The fraction of sp³-hybridized carbons (Fsp3) is 0.182. The third-order valence-corrected chi connectivity index (χ3v) is 2.65. The number of Topliss-reactive ketones (excluding diaryl/α,β-unsaturated/α-hetero) is 1. The Morgan fingerprint density at radius 3 is 2.41 bits per heavy atom. The molecule has 0 heterocycles. The molecule has 0 spiro atoms.